The highest BCUT2D eigenvalue weighted by atomic mass is 32.2. The number of nitrogens with zero attached hydrogens (tertiary/aromatic N) is 1. The summed E-state index contributed by atoms with van der Waals surface area (Å²) in [6, 6.07) is 1.52. The van der Waals surface area contributed by atoms with Crippen LogP contribution in [0, 0.1) is 0 Å². The maximum absolute atomic E-state index is 6.15. The van der Waals surface area contributed by atoms with Crippen molar-refractivity contribution < 1.29 is 4.74 Å². The largest absolute Gasteiger partial charge is 0.374 e. The van der Waals surface area contributed by atoms with E-state index in [1.165, 1.54) is 56.8 Å². The van der Waals surface area contributed by atoms with Gasteiger partial charge in [0.15, 0.2) is 0 Å². The first kappa shape index (κ1) is 13.2. The van der Waals surface area contributed by atoms with Gasteiger partial charge in [0.2, 0.25) is 0 Å². The van der Waals surface area contributed by atoms with E-state index in [2.05, 4.69) is 28.9 Å². The molecule has 0 aromatic carbocycles. The van der Waals surface area contributed by atoms with E-state index in [4.69, 9.17) is 4.74 Å². The van der Waals surface area contributed by atoms with E-state index in [-0.39, 0.29) is 5.60 Å². The highest BCUT2D eigenvalue weighted by molar-refractivity contribution is 7.99. The van der Waals surface area contributed by atoms with Crippen molar-refractivity contribution in [3.63, 3.8) is 0 Å². The zero-order valence-corrected chi connectivity index (χ0v) is 12.3. The van der Waals surface area contributed by atoms with Gasteiger partial charge < -0.3 is 10.1 Å². The molecule has 0 bridgehead atoms. The molecule has 1 N–H and O–H groups in total. The fourth-order valence-corrected chi connectivity index (χ4v) is 5.26. The van der Waals surface area contributed by atoms with Crippen LogP contribution in [0.3, 0.4) is 0 Å². The van der Waals surface area contributed by atoms with Gasteiger partial charge in [-0.15, -0.1) is 0 Å². The van der Waals surface area contributed by atoms with Gasteiger partial charge in [-0.2, -0.15) is 11.8 Å². The maximum atomic E-state index is 6.15. The Balaban J connectivity index is 1.66. The van der Waals surface area contributed by atoms with Crippen molar-refractivity contribution in [3.05, 3.63) is 0 Å². The smallest absolute Gasteiger partial charge is 0.0795 e. The van der Waals surface area contributed by atoms with Crippen molar-refractivity contribution >= 4 is 11.8 Å². The second-order valence-electron chi connectivity index (χ2n) is 5.96. The third-order valence-corrected chi connectivity index (χ3v) is 6.09. The quantitative estimate of drug-likeness (QED) is 0.844. The van der Waals surface area contributed by atoms with Gasteiger partial charge in [-0.25, -0.2) is 0 Å². The second-order valence-corrected chi connectivity index (χ2v) is 7.06. The average Bonchev–Trinajstić information content (AvgIpc) is 3.03. The molecule has 104 valence electrons. The maximum Gasteiger partial charge on any atom is 0.0795 e. The van der Waals surface area contributed by atoms with Gasteiger partial charge in [-0.05, 0) is 44.5 Å². The Bertz CT molecular complexity index is 275. The number of thioether (sulfide) groups is 1. The Morgan fingerprint density at radius 2 is 2.33 bits per heavy atom. The van der Waals surface area contributed by atoms with E-state index < -0.39 is 0 Å². The van der Waals surface area contributed by atoms with Crippen LogP contribution in [0.5, 0.6) is 0 Å². The molecule has 3 unspecified atom stereocenters. The van der Waals surface area contributed by atoms with E-state index in [9.17, 15) is 0 Å². The summed E-state index contributed by atoms with van der Waals surface area (Å²) in [5, 5.41) is 3.51. The monoisotopic (exact) mass is 270 g/mol. The predicted molar refractivity (Wildman–Crippen MR) is 77.3 cm³/mol. The minimum atomic E-state index is 0.229. The third-order valence-electron chi connectivity index (χ3n) is 4.87. The Labute approximate surface area is 115 Å². The van der Waals surface area contributed by atoms with Crippen LogP contribution in [0.15, 0.2) is 0 Å². The molecule has 3 atom stereocenters. The van der Waals surface area contributed by atoms with E-state index in [1.807, 2.05) is 0 Å². The Morgan fingerprint density at radius 3 is 3.00 bits per heavy atom. The van der Waals surface area contributed by atoms with Crippen LogP contribution in [0.2, 0.25) is 0 Å². The summed E-state index contributed by atoms with van der Waals surface area (Å²) in [5.41, 5.74) is 0.229. The molecule has 0 amide bonds. The molecule has 3 aliphatic rings. The molecular formula is C14H26N2OS. The van der Waals surface area contributed by atoms with Crippen LogP contribution in [-0.4, -0.2) is 60.3 Å². The van der Waals surface area contributed by atoms with Gasteiger partial charge in [-0.1, -0.05) is 6.92 Å². The third kappa shape index (κ3) is 2.58. The lowest BCUT2D eigenvalue weighted by Crippen LogP contribution is -2.52. The molecule has 3 fully saturated rings. The number of rotatable bonds is 3. The number of hydrogen-bond acceptors (Lipinski definition) is 4. The van der Waals surface area contributed by atoms with Crippen LogP contribution in [0.1, 0.15) is 32.6 Å². The van der Waals surface area contributed by atoms with Crippen LogP contribution in [-0.2, 0) is 4.74 Å². The van der Waals surface area contributed by atoms with Crippen molar-refractivity contribution in [2.24, 2.45) is 0 Å². The minimum absolute atomic E-state index is 0.229. The zero-order chi connectivity index (χ0) is 12.4. The van der Waals surface area contributed by atoms with Crippen molar-refractivity contribution in [2.75, 3.05) is 37.7 Å². The highest BCUT2D eigenvalue weighted by Crippen LogP contribution is 2.40. The predicted octanol–water partition coefficient (Wildman–Crippen LogP) is 1.72. The number of ether oxygens (including phenoxy) is 1. The molecule has 18 heavy (non-hydrogen) atoms. The lowest BCUT2D eigenvalue weighted by atomic mass is 9.88. The molecule has 0 aromatic heterocycles. The Hall–Kier alpha value is 0.230. The molecule has 3 saturated heterocycles. The normalized spacial score (nSPS) is 41.0. The van der Waals surface area contributed by atoms with Crippen molar-refractivity contribution in [3.8, 4) is 0 Å². The molecule has 3 heterocycles. The summed E-state index contributed by atoms with van der Waals surface area (Å²) in [6.07, 6.45) is 5.10. The van der Waals surface area contributed by atoms with E-state index in [0.29, 0.717) is 0 Å². The second kappa shape index (κ2) is 5.70. The molecular weight excluding hydrogens is 244 g/mol. The summed E-state index contributed by atoms with van der Waals surface area (Å²) >= 11 is 2.08. The molecule has 1 spiro atoms. The lowest BCUT2D eigenvalue weighted by Gasteiger charge is -2.44. The van der Waals surface area contributed by atoms with Gasteiger partial charge in [0.1, 0.15) is 0 Å². The molecule has 0 radical (unpaired) electrons. The first-order valence-corrected chi connectivity index (χ1v) is 8.67. The highest BCUT2D eigenvalue weighted by Gasteiger charge is 2.42. The van der Waals surface area contributed by atoms with Gasteiger partial charge in [0, 0.05) is 31.0 Å². The van der Waals surface area contributed by atoms with E-state index in [1.54, 1.807) is 0 Å². The van der Waals surface area contributed by atoms with Crippen LogP contribution >= 0.6 is 11.8 Å². The molecule has 3 aliphatic heterocycles. The first-order chi connectivity index (χ1) is 8.83. The first-order valence-electron chi connectivity index (χ1n) is 7.51. The van der Waals surface area contributed by atoms with E-state index in [0.717, 1.165) is 18.7 Å². The van der Waals surface area contributed by atoms with E-state index >= 15 is 0 Å². The van der Waals surface area contributed by atoms with Crippen LogP contribution in [0.4, 0.5) is 0 Å². The molecule has 0 saturated carbocycles. The summed E-state index contributed by atoms with van der Waals surface area (Å²) in [6.45, 7) is 6.88. The number of hydrogen-bond donors (Lipinski definition) is 1. The van der Waals surface area contributed by atoms with Crippen molar-refractivity contribution in [2.45, 2.75) is 50.3 Å². The molecule has 0 aromatic rings. The molecule has 4 heteroatoms. The Morgan fingerprint density at radius 1 is 1.39 bits per heavy atom. The van der Waals surface area contributed by atoms with Crippen LogP contribution < -0.4 is 5.32 Å². The molecule has 0 aliphatic carbocycles. The van der Waals surface area contributed by atoms with Gasteiger partial charge >= 0.3 is 0 Å². The summed E-state index contributed by atoms with van der Waals surface area (Å²) in [4.78, 5) is 2.76. The number of likely N-dealkylation sites (N-methyl/N-ethyl adjacent to an activating group) is 1. The fraction of sp³-hybridized carbons (Fsp3) is 1.00. The van der Waals surface area contributed by atoms with Gasteiger partial charge in [0.05, 0.1) is 5.60 Å². The Kier molecular flexibility index (Phi) is 4.18. The summed E-state index contributed by atoms with van der Waals surface area (Å²) in [5.74, 6) is 2.52. The van der Waals surface area contributed by atoms with Gasteiger partial charge in [-0.3, -0.25) is 4.90 Å². The SMILES string of the molecule is CCN(C1CCNC1)C1CCOC2(CCSC2)C1. The fourth-order valence-electron chi connectivity index (χ4n) is 3.89. The zero-order valence-electron chi connectivity index (χ0n) is 11.5. The standard InChI is InChI=1S/C14H26N2OS/c1-2-16(13-3-6-15-10-13)12-4-7-17-14(9-12)5-8-18-11-14/h12-13,15H,2-11H2,1H3. The topological polar surface area (TPSA) is 24.5 Å². The van der Waals surface area contributed by atoms with Crippen molar-refractivity contribution in [1.29, 1.82) is 0 Å². The summed E-state index contributed by atoms with van der Waals surface area (Å²) < 4.78 is 6.15. The minimum Gasteiger partial charge on any atom is -0.374 e. The van der Waals surface area contributed by atoms with Crippen molar-refractivity contribution in [1.82, 2.24) is 10.2 Å². The average molecular weight is 270 g/mol. The number of nitrogens with one attached hydrogen (secondary N) is 1. The lowest BCUT2D eigenvalue weighted by molar-refractivity contribution is -0.0935. The van der Waals surface area contributed by atoms with Crippen LogP contribution in [0.25, 0.3) is 0 Å². The summed E-state index contributed by atoms with van der Waals surface area (Å²) in [7, 11) is 0. The molecule has 3 nitrogen and oxygen atoms in total. The van der Waals surface area contributed by atoms with Gasteiger partial charge in [0.25, 0.3) is 0 Å². The molecule has 3 rings (SSSR count).